The zero-order valence-corrected chi connectivity index (χ0v) is 18.8. The van der Waals surface area contributed by atoms with E-state index < -0.39 is 10.0 Å². The molecule has 2 aromatic carbocycles. The van der Waals surface area contributed by atoms with Gasteiger partial charge in [0, 0.05) is 30.6 Å². The number of aliphatic hydroxyl groups is 1. The van der Waals surface area contributed by atoms with Crippen molar-refractivity contribution in [3.05, 3.63) is 65.5 Å². The van der Waals surface area contributed by atoms with E-state index in [-0.39, 0.29) is 11.5 Å². The molecule has 0 aliphatic heterocycles. The van der Waals surface area contributed by atoms with E-state index in [4.69, 9.17) is 10.2 Å². The lowest BCUT2D eigenvalue weighted by Gasteiger charge is -2.12. The zero-order chi connectivity index (χ0) is 22.6. The Balaban J connectivity index is 1.67. The van der Waals surface area contributed by atoms with Gasteiger partial charge in [-0.25, -0.2) is 18.5 Å². The monoisotopic (exact) mass is 469 g/mol. The van der Waals surface area contributed by atoms with Crippen LogP contribution in [0.2, 0.25) is 0 Å². The number of nitrogens with zero attached hydrogens (tertiary/aromatic N) is 2. The lowest BCUT2D eigenvalue weighted by atomic mass is 10.1. The summed E-state index contributed by atoms with van der Waals surface area (Å²) in [5, 5.41) is 23.7. The third-order valence-electron chi connectivity index (χ3n) is 4.85. The average molecular weight is 470 g/mol. The number of sulfonamides is 1. The lowest BCUT2D eigenvalue weighted by molar-refractivity contribution is 0.292. The van der Waals surface area contributed by atoms with Crippen LogP contribution in [0.3, 0.4) is 0 Å². The van der Waals surface area contributed by atoms with E-state index in [2.05, 4.69) is 26.0 Å². The fourth-order valence-corrected chi connectivity index (χ4v) is 4.70. The molecule has 166 valence electrons. The first kappa shape index (κ1) is 22.2. The summed E-state index contributed by atoms with van der Waals surface area (Å²) < 4.78 is 23.0. The van der Waals surface area contributed by atoms with Crippen LogP contribution in [0.5, 0.6) is 0 Å². The molecule has 0 saturated heterocycles. The Labute approximate surface area is 190 Å². The van der Waals surface area contributed by atoms with Crippen molar-refractivity contribution in [1.82, 2.24) is 9.97 Å². The van der Waals surface area contributed by atoms with Gasteiger partial charge in [0.05, 0.1) is 10.3 Å². The molecule has 5 N–H and O–H groups in total. The molecule has 0 aliphatic carbocycles. The second kappa shape index (κ2) is 9.61. The molecule has 2 aromatic heterocycles. The first-order valence-electron chi connectivity index (χ1n) is 10.0. The van der Waals surface area contributed by atoms with E-state index in [0.717, 1.165) is 26.9 Å². The van der Waals surface area contributed by atoms with E-state index in [1.807, 2.05) is 30.3 Å². The molecule has 0 bridgehead atoms. The Morgan fingerprint density at radius 1 is 1.00 bits per heavy atom. The summed E-state index contributed by atoms with van der Waals surface area (Å²) in [5.41, 5.74) is 3.00. The Hall–Kier alpha value is -3.05. The number of hydrogen-bond acceptors (Lipinski definition) is 8. The molecule has 32 heavy (non-hydrogen) atoms. The molecule has 0 atom stereocenters. The highest BCUT2D eigenvalue weighted by Gasteiger charge is 2.15. The molecule has 0 amide bonds. The summed E-state index contributed by atoms with van der Waals surface area (Å²) in [5.74, 6) is 1.16. The number of fused-ring (bicyclic) bond motifs is 1. The number of rotatable bonds is 9. The third kappa shape index (κ3) is 5.05. The number of aromatic nitrogens is 2. The van der Waals surface area contributed by atoms with Gasteiger partial charge in [0.2, 0.25) is 16.0 Å². The van der Waals surface area contributed by atoms with Crippen LogP contribution in [0.15, 0.2) is 64.9 Å². The van der Waals surface area contributed by atoms with Gasteiger partial charge in [0.1, 0.15) is 10.6 Å². The van der Waals surface area contributed by atoms with Gasteiger partial charge in [-0.15, -0.1) is 11.3 Å². The van der Waals surface area contributed by atoms with Gasteiger partial charge in [0.15, 0.2) is 0 Å². The SMILES string of the molecule is NS(=O)(=O)c1ccc(CNc2nc(NCCCO)nc3scc(-c4ccccc4)c23)cc1. The fourth-order valence-electron chi connectivity index (χ4n) is 3.24. The van der Waals surface area contributed by atoms with Crippen LogP contribution < -0.4 is 15.8 Å². The fraction of sp³-hybridized carbons (Fsp3) is 0.182. The molecule has 0 aliphatic rings. The molecule has 0 radical (unpaired) electrons. The minimum atomic E-state index is -3.73. The molecule has 4 aromatic rings. The van der Waals surface area contributed by atoms with Gasteiger partial charge >= 0.3 is 0 Å². The van der Waals surface area contributed by atoms with Crippen LogP contribution >= 0.6 is 11.3 Å². The molecule has 4 rings (SSSR count). The number of primary sulfonamides is 1. The Bertz CT molecular complexity index is 1310. The Kier molecular flexibility index (Phi) is 6.66. The highest BCUT2D eigenvalue weighted by atomic mass is 32.2. The van der Waals surface area contributed by atoms with E-state index in [0.29, 0.717) is 31.3 Å². The summed E-state index contributed by atoms with van der Waals surface area (Å²) in [6, 6.07) is 16.5. The van der Waals surface area contributed by atoms with Crippen LogP contribution in [-0.2, 0) is 16.6 Å². The second-order valence-corrected chi connectivity index (χ2v) is 9.56. The van der Waals surface area contributed by atoms with Crippen molar-refractivity contribution in [2.75, 3.05) is 23.8 Å². The molecule has 10 heteroatoms. The predicted molar refractivity (Wildman–Crippen MR) is 128 cm³/mol. The molecule has 8 nitrogen and oxygen atoms in total. The highest BCUT2D eigenvalue weighted by Crippen LogP contribution is 2.37. The number of aliphatic hydroxyl groups excluding tert-OH is 1. The molecular weight excluding hydrogens is 446 g/mol. The maximum atomic E-state index is 11.5. The summed E-state index contributed by atoms with van der Waals surface area (Å²) in [6.07, 6.45) is 0.597. The number of nitrogens with two attached hydrogens (primary N) is 1. The minimum Gasteiger partial charge on any atom is -0.396 e. The summed E-state index contributed by atoms with van der Waals surface area (Å²) in [6.45, 7) is 1.09. The van der Waals surface area contributed by atoms with Gasteiger partial charge in [0.25, 0.3) is 0 Å². The van der Waals surface area contributed by atoms with Crippen molar-refractivity contribution in [3.8, 4) is 11.1 Å². The molecule has 2 heterocycles. The Morgan fingerprint density at radius 3 is 2.44 bits per heavy atom. The largest absolute Gasteiger partial charge is 0.396 e. The predicted octanol–water partition coefficient (Wildman–Crippen LogP) is 3.41. The van der Waals surface area contributed by atoms with Crippen molar-refractivity contribution >= 4 is 43.3 Å². The zero-order valence-electron chi connectivity index (χ0n) is 17.2. The summed E-state index contributed by atoms with van der Waals surface area (Å²) >= 11 is 1.54. The maximum Gasteiger partial charge on any atom is 0.238 e. The molecule has 0 spiro atoms. The minimum absolute atomic E-state index is 0.0743. The lowest BCUT2D eigenvalue weighted by Crippen LogP contribution is -2.12. The molecule has 0 unspecified atom stereocenters. The van der Waals surface area contributed by atoms with Gasteiger partial charge in [-0.2, -0.15) is 4.98 Å². The highest BCUT2D eigenvalue weighted by molar-refractivity contribution is 7.89. The number of anilines is 2. The number of thiophene rings is 1. The molecule has 0 fully saturated rings. The maximum absolute atomic E-state index is 11.5. The number of nitrogens with one attached hydrogen (secondary N) is 2. The topological polar surface area (TPSA) is 130 Å². The van der Waals surface area contributed by atoms with Crippen LogP contribution in [0.1, 0.15) is 12.0 Å². The number of benzene rings is 2. The van der Waals surface area contributed by atoms with E-state index >= 15 is 0 Å². The van der Waals surface area contributed by atoms with Crippen LogP contribution in [-0.4, -0.2) is 36.6 Å². The smallest absolute Gasteiger partial charge is 0.238 e. The van der Waals surface area contributed by atoms with Crippen LogP contribution in [0.4, 0.5) is 11.8 Å². The van der Waals surface area contributed by atoms with Crippen molar-refractivity contribution in [1.29, 1.82) is 0 Å². The van der Waals surface area contributed by atoms with Gasteiger partial charge in [-0.3, -0.25) is 0 Å². The van der Waals surface area contributed by atoms with Crippen LogP contribution in [0, 0.1) is 0 Å². The van der Waals surface area contributed by atoms with Crippen molar-refractivity contribution in [3.63, 3.8) is 0 Å². The van der Waals surface area contributed by atoms with Crippen molar-refractivity contribution in [2.45, 2.75) is 17.9 Å². The second-order valence-electron chi connectivity index (χ2n) is 7.14. The van der Waals surface area contributed by atoms with E-state index in [1.165, 1.54) is 12.1 Å². The van der Waals surface area contributed by atoms with E-state index in [9.17, 15) is 8.42 Å². The van der Waals surface area contributed by atoms with Crippen molar-refractivity contribution < 1.29 is 13.5 Å². The van der Waals surface area contributed by atoms with Crippen LogP contribution in [0.25, 0.3) is 21.3 Å². The normalized spacial score (nSPS) is 11.6. The quantitative estimate of drug-likeness (QED) is 0.276. The first-order chi connectivity index (χ1) is 15.5. The van der Waals surface area contributed by atoms with Crippen molar-refractivity contribution in [2.24, 2.45) is 5.14 Å². The number of hydrogen-bond donors (Lipinski definition) is 4. The average Bonchev–Trinajstić information content (AvgIpc) is 3.22. The summed E-state index contributed by atoms with van der Waals surface area (Å²) in [4.78, 5) is 10.2. The van der Waals surface area contributed by atoms with Gasteiger partial charge in [-0.05, 0) is 29.7 Å². The molecular formula is C22H23N5O3S2. The first-order valence-corrected chi connectivity index (χ1v) is 12.4. The third-order valence-corrected chi connectivity index (χ3v) is 6.65. The van der Waals surface area contributed by atoms with Gasteiger partial charge in [-0.1, -0.05) is 42.5 Å². The van der Waals surface area contributed by atoms with Gasteiger partial charge < -0.3 is 15.7 Å². The molecule has 0 saturated carbocycles. The Morgan fingerprint density at radius 2 is 1.75 bits per heavy atom. The standard InChI is InChI=1S/C22H23N5O3S2/c23-32(29,30)17-9-7-15(8-10-17)13-25-20-19-18(16-5-2-1-3-6-16)14-31-21(19)27-22(26-20)24-11-4-12-28/h1-3,5-10,14,28H,4,11-13H2,(H2,23,29,30)(H2,24,25,26,27). The van der Waals surface area contributed by atoms with E-state index in [1.54, 1.807) is 23.5 Å². The summed E-state index contributed by atoms with van der Waals surface area (Å²) in [7, 11) is -3.73.